The Morgan fingerprint density at radius 3 is 3.17 bits per heavy atom. The summed E-state index contributed by atoms with van der Waals surface area (Å²) >= 11 is 0. The lowest BCUT2D eigenvalue weighted by Gasteiger charge is -2.24. The maximum absolute atomic E-state index is 4.16. The van der Waals surface area contributed by atoms with Gasteiger partial charge in [0.25, 0.3) is 0 Å². The van der Waals surface area contributed by atoms with Gasteiger partial charge in [0.15, 0.2) is 0 Å². The van der Waals surface area contributed by atoms with Crippen molar-refractivity contribution in [3.8, 4) is 0 Å². The van der Waals surface area contributed by atoms with Crippen LogP contribution in [0.15, 0.2) is 36.7 Å². The molecule has 18 heavy (non-hydrogen) atoms. The van der Waals surface area contributed by atoms with Gasteiger partial charge in [-0.25, -0.2) is 0 Å². The highest BCUT2D eigenvalue weighted by atomic mass is 15.0. The minimum absolute atomic E-state index is 0.607. The second-order valence-electron chi connectivity index (χ2n) is 4.93. The maximum Gasteiger partial charge on any atom is 0.0421 e. The molecule has 3 nitrogen and oxygen atoms in total. The molecule has 0 saturated carbocycles. The molecule has 0 amide bonds. The molecule has 3 heteroatoms. The number of anilines is 1. The largest absolute Gasteiger partial charge is 0.383 e. The third-order valence-corrected chi connectivity index (χ3v) is 3.63. The first kappa shape index (κ1) is 11.5. The molecular weight excluding hydrogens is 222 g/mol. The van der Waals surface area contributed by atoms with Crippen LogP contribution < -0.4 is 10.6 Å². The normalized spacial score (nSPS) is 19.9. The van der Waals surface area contributed by atoms with E-state index in [1.807, 2.05) is 12.4 Å². The van der Waals surface area contributed by atoms with Crippen LogP contribution in [0.3, 0.4) is 0 Å². The molecule has 1 unspecified atom stereocenters. The molecule has 1 saturated heterocycles. The van der Waals surface area contributed by atoms with Crippen LogP contribution in [-0.4, -0.2) is 24.1 Å². The van der Waals surface area contributed by atoms with Gasteiger partial charge in [-0.15, -0.1) is 0 Å². The smallest absolute Gasteiger partial charge is 0.0421 e. The van der Waals surface area contributed by atoms with Crippen molar-refractivity contribution in [2.45, 2.75) is 25.3 Å². The fourth-order valence-electron chi connectivity index (χ4n) is 2.61. The predicted molar refractivity (Wildman–Crippen MR) is 75.9 cm³/mol. The first-order valence-corrected chi connectivity index (χ1v) is 6.73. The Morgan fingerprint density at radius 2 is 2.28 bits per heavy atom. The van der Waals surface area contributed by atoms with Crippen LogP contribution >= 0.6 is 0 Å². The molecular formula is C15H19N3. The van der Waals surface area contributed by atoms with Gasteiger partial charge in [-0.1, -0.05) is 18.6 Å². The van der Waals surface area contributed by atoms with Gasteiger partial charge in [0.1, 0.15) is 0 Å². The van der Waals surface area contributed by atoms with Crippen molar-refractivity contribution in [1.29, 1.82) is 0 Å². The van der Waals surface area contributed by atoms with E-state index in [9.17, 15) is 0 Å². The number of hydrogen-bond donors (Lipinski definition) is 2. The number of nitrogens with one attached hydrogen (secondary N) is 2. The molecule has 0 spiro atoms. The Labute approximate surface area is 108 Å². The summed E-state index contributed by atoms with van der Waals surface area (Å²) in [6.45, 7) is 2.16. The molecule has 2 N–H and O–H groups in total. The minimum Gasteiger partial charge on any atom is -0.383 e. The number of fused-ring (bicyclic) bond motifs is 1. The lowest BCUT2D eigenvalue weighted by Crippen LogP contribution is -2.39. The summed E-state index contributed by atoms with van der Waals surface area (Å²) in [5, 5.41) is 9.58. The van der Waals surface area contributed by atoms with E-state index >= 15 is 0 Å². The van der Waals surface area contributed by atoms with E-state index in [0.29, 0.717) is 6.04 Å². The SMILES string of the molecule is c1cc(NCC2CCCCN2)c2ccncc2c1. The second kappa shape index (κ2) is 5.36. The van der Waals surface area contributed by atoms with Crippen molar-refractivity contribution in [2.24, 2.45) is 0 Å². The van der Waals surface area contributed by atoms with E-state index in [-0.39, 0.29) is 0 Å². The highest BCUT2D eigenvalue weighted by molar-refractivity contribution is 5.93. The fourth-order valence-corrected chi connectivity index (χ4v) is 2.61. The zero-order chi connectivity index (χ0) is 12.2. The average molecular weight is 241 g/mol. The predicted octanol–water partition coefficient (Wildman–Crippen LogP) is 2.79. The molecule has 1 fully saturated rings. The van der Waals surface area contributed by atoms with Crippen molar-refractivity contribution in [1.82, 2.24) is 10.3 Å². The van der Waals surface area contributed by atoms with E-state index in [2.05, 4.69) is 39.9 Å². The van der Waals surface area contributed by atoms with E-state index in [0.717, 1.165) is 13.1 Å². The first-order chi connectivity index (χ1) is 8.93. The molecule has 1 aromatic carbocycles. The van der Waals surface area contributed by atoms with Crippen molar-refractivity contribution in [2.75, 3.05) is 18.4 Å². The Bertz CT molecular complexity index is 513. The molecule has 94 valence electrons. The molecule has 2 aromatic rings. The first-order valence-electron chi connectivity index (χ1n) is 6.73. The number of rotatable bonds is 3. The van der Waals surface area contributed by atoms with E-state index in [4.69, 9.17) is 0 Å². The third kappa shape index (κ3) is 2.46. The van der Waals surface area contributed by atoms with E-state index in [1.54, 1.807) is 0 Å². The van der Waals surface area contributed by atoms with E-state index < -0.39 is 0 Å². The van der Waals surface area contributed by atoms with Gasteiger partial charge in [-0.3, -0.25) is 4.98 Å². The summed E-state index contributed by atoms with van der Waals surface area (Å²) in [4.78, 5) is 4.16. The van der Waals surface area contributed by atoms with Crippen molar-refractivity contribution < 1.29 is 0 Å². The Balaban J connectivity index is 1.74. The lowest BCUT2D eigenvalue weighted by atomic mass is 10.0. The van der Waals surface area contributed by atoms with Crippen LogP contribution in [0, 0.1) is 0 Å². The van der Waals surface area contributed by atoms with Crippen molar-refractivity contribution >= 4 is 16.5 Å². The number of piperidine rings is 1. The van der Waals surface area contributed by atoms with Gasteiger partial charge in [0.2, 0.25) is 0 Å². The third-order valence-electron chi connectivity index (χ3n) is 3.63. The zero-order valence-electron chi connectivity index (χ0n) is 10.5. The summed E-state index contributed by atoms with van der Waals surface area (Å²) < 4.78 is 0. The van der Waals surface area contributed by atoms with Gasteiger partial charge >= 0.3 is 0 Å². The maximum atomic E-state index is 4.16. The summed E-state index contributed by atoms with van der Waals surface area (Å²) in [5.41, 5.74) is 1.21. The molecule has 2 heterocycles. The number of nitrogens with zero attached hydrogens (tertiary/aromatic N) is 1. The van der Waals surface area contributed by atoms with Gasteiger partial charge in [-0.2, -0.15) is 0 Å². The Morgan fingerprint density at radius 1 is 1.28 bits per heavy atom. The molecule has 1 aliphatic heterocycles. The monoisotopic (exact) mass is 241 g/mol. The summed E-state index contributed by atoms with van der Waals surface area (Å²) in [7, 11) is 0. The molecule has 1 atom stereocenters. The summed E-state index contributed by atoms with van der Waals surface area (Å²) in [6.07, 6.45) is 7.71. The van der Waals surface area contributed by atoms with Crippen LogP contribution in [0.2, 0.25) is 0 Å². The number of pyridine rings is 1. The second-order valence-corrected chi connectivity index (χ2v) is 4.93. The van der Waals surface area contributed by atoms with E-state index in [1.165, 1.54) is 35.7 Å². The van der Waals surface area contributed by atoms with Crippen LogP contribution in [0.25, 0.3) is 10.8 Å². The van der Waals surface area contributed by atoms with Crippen LogP contribution in [0.4, 0.5) is 5.69 Å². The standard InChI is InChI=1S/C15H19N3/c1-2-8-17-13(5-1)11-18-15-6-3-4-12-10-16-9-7-14(12)15/h3-4,6-7,9-10,13,17-18H,1-2,5,8,11H2. The fraction of sp³-hybridized carbons (Fsp3) is 0.400. The molecule has 0 radical (unpaired) electrons. The van der Waals surface area contributed by atoms with Gasteiger partial charge in [0.05, 0.1) is 0 Å². The molecule has 1 aromatic heterocycles. The Kier molecular flexibility index (Phi) is 3.42. The average Bonchev–Trinajstić information content (AvgIpc) is 2.46. The van der Waals surface area contributed by atoms with Crippen molar-refractivity contribution in [3.05, 3.63) is 36.7 Å². The van der Waals surface area contributed by atoms with Crippen LogP contribution in [0.1, 0.15) is 19.3 Å². The van der Waals surface area contributed by atoms with Crippen LogP contribution in [0.5, 0.6) is 0 Å². The summed E-state index contributed by atoms with van der Waals surface area (Å²) in [6, 6.07) is 9.01. The lowest BCUT2D eigenvalue weighted by molar-refractivity contribution is 0.414. The van der Waals surface area contributed by atoms with Gasteiger partial charge in [-0.05, 0) is 31.5 Å². The number of hydrogen-bond acceptors (Lipinski definition) is 3. The van der Waals surface area contributed by atoms with Gasteiger partial charge < -0.3 is 10.6 Å². The highest BCUT2D eigenvalue weighted by Crippen LogP contribution is 2.22. The molecule has 0 bridgehead atoms. The molecule has 1 aliphatic rings. The number of aromatic nitrogens is 1. The Hall–Kier alpha value is -1.61. The molecule has 0 aliphatic carbocycles. The quantitative estimate of drug-likeness (QED) is 0.867. The summed E-state index contributed by atoms with van der Waals surface area (Å²) in [5.74, 6) is 0. The topological polar surface area (TPSA) is 37.0 Å². The van der Waals surface area contributed by atoms with Crippen LogP contribution in [-0.2, 0) is 0 Å². The minimum atomic E-state index is 0.607. The number of benzene rings is 1. The zero-order valence-corrected chi connectivity index (χ0v) is 10.5. The van der Waals surface area contributed by atoms with Crippen molar-refractivity contribution in [3.63, 3.8) is 0 Å². The molecule has 3 rings (SSSR count). The van der Waals surface area contributed by atoms with Gasteiger partial charge in [0, 0.05) is 41.4 Å². The highest BCUT2D eigenvalue weighted by Gasteiger charge is 2.12.